The summed E-state index contributed by atoms with van der Waals surface area (Å²) in [5, 5.41) is 4.89. The third-order valence-electron chi connectivity index (χ3n) is 5.22. The zero-order valence-electron chi connectivity index (χ0n) is 14.2. The number of halogens is 1. The van der Waals surface area contributed by atoms with Crippen molar-refractivity contribution in [1.82, 2.24) is 9.78 Å². The van der Waals surface area contributed by atoms with Gasteiger partial charge < -0.3 is 4.43 Å². The molecular weight excluding hydrogens is 391 g/mol. The molecule has 0 aliphatic heterocycles. The van der Waals surface area contributed by atoms with Crippen molar-refractivity contribution in [2.45, 2.75) is 83.7 Å². The Morgan fingerprint density at radius 3 is 2.43 bits per heavy atom. The first-order chi connectivity index (χ1) is 9.63. The van der Waals surface area contributed by atoms with E-state index in [1.807, 2.05) is 6.20 Å². The maximum absolute atomic E-state index is 6.75. The van der Waals surface area contributed by atoms with Crippen molar-refractivity contribution in [2.24, 2.45) is 0 Å². The maximum Gasteiger partial charge on any atom is 0.192 e. The zero-order chi connectivity index (χ0) is 15.8. The molecule has 0 N–H and O–H groups in total. The number of aromatic nitrogens is 2. The fraction of sp³-hybridized carbons (Fsp3) is 0.812. The van der Waals surface area contributed by atoms with Gasteiger partial charge >= 0.3 is 0 Å². The highest BCUT2D eigenvalue weighted by Gasteiger charge is 2.42. The van der Waals surface area contributed by atoms with Crippen molar-refractivity contribution in [3.63, 3.8) is 0 Å². The molecule has 3 nitrogen and oxygen atoms in total. The van der Waals surface area contributed by atoms with E-state index in [1.165, 1.54) is 34.9 Å². The topological polar surface area (TPSA) is 27.1 Å². The quantitative estimate of drug-likeness (QED) is 0.490. The standard InChI is InChI=1S/C16H29IN2OSi/c1-12-13(17)11-18-19(12)14-9-7-8-10-15(14)20-21(5,6)16(2,3)4/h11,14-15H,7-10H2,1-6H3/t14?,15-/m1/s1. The van der Waals surface area contributed by atoms with Gasteiger partial charge in [0, 0.05) is 5.69 Å². The van der Waals surface area contributed by atoms with E-state index in [2.05, 4.69) is 73.2 Å². The van der Waals surface area contributed by atoms with Crippen molar-refractivity contribution in [2.75, 3.05) is 0 Å². The Morgan fingerprint density at radius 2 is 1.90 bits per heavy atom. The second kappa shape index (κ2) is 6.32. The van der Waals surface area contributed by atoms with Crippen LogP contribution in [0.15, 0.2) is 6.20 Å². The molecule has 1 aromatic rings. The first-order valence-corrected chi connectivity index (χ1v) is 12.0. The molecule has 0 amide bonds. The van der Waals surface area contributed by atoms with Gasteiger partial charge in [-0.25, -0.2) is 0 Å². The summed E-state index contributed by atoms with van der Waals surface area (Å²) in [6.45, 7) is 13.8. The lowest BCUT2D eigenvalue weighted by Gasteiger charge is -2.43. The summed E-state index contributed by atoms with van der Waals surface area (Å²) in [6.07, 6.45) is 7.25. The van der Waals surface area contributed by atoms with E-state index < -0.39 is 8.32 Å². The number of hydrogen-bond donors (Lipinski definition) is 0. The van der Waals surface area contributed by atoms with Crippen molar-refractivity contribution < 1.29 is 4.43 Å². The minimum absolute atomic E-state index is 0.266. The van der Waals surface area contributed by atoms with E-state index in [4.69, 9.17) is 4.43 Å². The summed E-state index contributed by atoms with van der Waals surface area (Å²) in [5.74, 6) is 0. The molecule has 5 heteroatoms. The molecule has 21 heavy (non-hydrogen) atoms. The maximum atomic E-state index is 6.75. The average Bonchev–Trinajstić information content (AvgIpc) is 2.69. The lowest BCUT2D eigenvalue weighted by atomic mass is 9.92. The van der Waals surface area contributed by atoms with Crippen LogP contribution in [0.3, 0.4) is 0 Å². The van der Waals surface area contributed by atoms with Gasteiger partial charge in [0.05, 0.1) is 21.9 Å². The third-order valence-corrected chi connectivity index (χ3v) is 10.8. The lowest BCUT2D eigenvalue weighted by molar-refractivity contribution is 0.0772. The Hall–Kier alpha value is 0.117. The number of hydrogen-bond acceptors (Lipinski definition) is 2. The summed E-state index contributed by atoms with van der Waals surface area (Å²) in [4.78, 5) is 0. The van der Waals surface area contributed by atoms with Gasteiger partial charge in [-0.15, -0.1) is 0 Å². The van der Waals surface area contributed by atoms with Crippen molar-refractivity contribution in [1.29, 1.82) is 0 Å². The van der Waals surface area contributed by atoms with Crippen LogP contribution in [-0.2, 0) is 4.43 Å². The molecule has 120 valence electrons. The first kappa shape index (κ1) is 17.5. The van der Waals surface area contributed by atoms with Crippen LogP contribution in [-0.4, -0.2) is 24.2 Å². The molecule has 2 rings (SSSR count). The monoisotopic (exact) mass is 420 g/mol. The highest BCUT2D eigenvalue weighted by molar-refractivity contribution is 14.1. The molecule has 1 aliphatic carbocycles. The molecule has 0 aromatic carbocycles. The Bertz CT molecular complexity index is 493. The van der Waals surface area contributed by atoms with Gasteiger partial charge in [-0.1, -0.05) is 33.6 Å². The van der Waals surface area contributed by atoms with Gasteiger partial charge in [0.25, 0.3) is 0 Å². The smallest absolute Gasteiger partial charge is 0.192 e. The lowest BCUT2D eigenvalue weighted by Crippen LogP contribution is -2.47. The van der Waals surface area contributed by atoms with Crippen LogP contribution in [0, 0.1) is 10.5 Å². The van der Waals surface area contributed by atoms with Gasteiger partial charge in [-0.05, 0) is 60.5 Å². The van der Waals surface area contributed by atoms with Crippen molar-refractivity contribution in [3.8, 4) is 0 Å². The molecule has 1 aromatic heterocycles. The van der Waals surface area contributed by atoms with Gasteiger partial charge in [-0.2, -0.15) is 5.10 Å². The molecule has 0 spiro atoms. The number of nitrogens with zero attached hydrogens (tertiary/aromatic N) is 2. The minimum Gasteiger partial charge on any atom is -0.412 e. The number of rotatable bonds is 3. The van der Waals surface area contributed by atoms with E-state index >= 15 is 0 Å². The highest BCUT2D eigenvalue weighted by atomic mass is 127. The van der Waals surface area contributed by atoms with Gasteiger partial charge in [0.15, 0.2) is 8.32 Å². The van der Waals surface area contributed by atoms with E-state index in [0.717, 1.165) is 0 Å². The predicted molar refractivity (Wildman–Crippen MR) is 99.3 cm³/mol. The summed E-state index contributed by atoms with van der Waals surface area (Å²) in [7, 11) is -1.72. The summed E-state index contributed by atoms with van der Waals surface area (Å²) >= 11 is 2.37. The molecule has 0 radical (unpaired) electrons. The molecule has 1 unspecified atom stereocenters. The molecule has 2 atom stereocenters. The SMILES string of the molecule is Cc1c(I)cnn1C1CCCC[C@H]1O[Si](C)(C)C(C)(C)C. The second-order valence-electron chi connectivity index (χ2n) is 7.79. The molecule has 1 aliphatic rings. The van der Waals surface area contributed by atoms with E-state index in [1.54, 1.807) is 0 Å². The fourth-order valence-electron chi connectivity index (χ4n) is 2.79. The molecule has 1 heterocycles. The van der Waals surface area contributed by atoms with Gasteiger partial charge in [-0.3, -0.25) is 4.68 Å². The minimum atomic E-state index is -1.72. The summed E-state index contributed by atoms with van der Waals surface area (Å²) in [5.41, 5.74) is 1.28. The third kappa shape index (κ3) is 3.72. The van der Waals surface area contributed by atoms with Crippen LogP contribution in [0.1, 0.15) is 58.2 Å². The molecular formula is C16H29IN2OSi. The molecule has 0 bridgehead atoms. The van der Waals surface area contributed by atoms with Crippen LogP contribution in [0.5, 0.6) is 0 Å². The van der Waals surface area contributed by atoms with Crippen molar-refractivity contribution in [3.05, 3.63) is 15.5 Å². The van der Waals surface area contributed by atoms with Crippen LogP contribution in [0.4, 0.5) is 0 Å². The normalized spacial score (nSPS) is 24.3. The van der Waals surface area contributed by atoms with Gasteiger partial charge in [0.2, 0.25) is 0 Å². The van der Waals surface area contributed by atoms with Crippen LogP contribution < -0.4 is 0 Å². The molecule has 0 saturated heterocycles. The average molecular weight is 420 g/mol. The first-order valence-electron chi connectivity index (χ1n) is 8.01. The van der Waals surface area contributed by atoms with Crippen LogP contribution in [0.25, 0.3) is 0 Å². The predicted octanol–water partition coefficient (Wildman–Crippen LogP) is 5.30. The Morgan fingerprint density at radius 1 is 1.29 bits per heavy atom. The Balaban J connectivity index is 2.22. The largest absolute Gasteiger partial charge is 0.412 e. The Labute approximate surface area is 144 Å². The molecule has 1 fully saturated rings. The van der Waals surface area contributed by atoms with Crippen LogP contribution in [0.2, 0.25) is 18.1 Å². The zero-order valence-corrected chi connectivity index (χ0v) is 17.4. The second-order valence-corrected chi connectivity index (χ2v) is 13.7. The van der Waals surface area contributed by atoms with E-state index in [-0.39, 0.29) is 5.04 Å². The van der Waals surface area contributed by atoms with Gasteiger partial charge in [0.1, 0.15) is 0 Å². The van der Waals surface area contributed by atoms with Crippen molar-refractivity contribution >= 4 is 30.9 Å². The molecule has 1 saturated carbocycles. The van der Waals surface area contributed by atoms with Crippen LogP contribution >= 0.6 is 22.6 Å². The summed E-state index contributed by atoms with van der Waals surface area (Å²) < 4.78 is 10.2. The Kier molecular flexibility index (Phi) is 5.25. The van der Waals surface area contributed by atoms with E-state index in [0.29, 0.717) is 12.1 Å². The summed E-state index contributed by atoms with van der Waals surface area (Å²) in [6, 6.07) is 0.413. The highest BCUT2D eigenvalue weighted by Crippen LogP contribution is 2.41. The van der Waals surface area contributed by atoms with E-state index in [9.17, 15) is 0 Å². The fourth-order valence-corrected chi connectivity index (χ4v) is 4.54.